The minimum atomic E-state index is -1.54. The first-order chi connectivity index (χ1) is 9.09. The van der Waals surface area contributed by atoms with E-state index in [1.807, 2.05) is 27.7 Å². The zero-order chi connectivity index (χ0) is 15.5. The molecule has 1 aliphatic heterocycles. The van der Waals surface area contributed by atoms with Crippen LogP contribution in [0.2, 0.25) is 0 Å². The molecule has 0 saturated carbocycles. The van der Waals surface area contributed by atoms with E-state index in [4.69, 9.17) is 39.5 Å². The third-order valence-electron chi connectivity index (χ3n) is 3.20. The molecule has 1 rings (SSSR count). The number of rotatable bonds is 4. The lowest BCUT2D eigenvalue weighted by Crippen LogP contribution is -3.22. The number of amides is 1. The van der Waals surface area contributed by atoms with E-state index >= 15 is 0 Å². The number of halogens is 3. The van der Waals surface area contributed by atoms with Gasteiger partial charge in [-0.05, 0) is 19.8 Å². The van der Waals surface area contributed by atoms with Crippen molar-refractivity contribution in [2.75, 3.05) is 13.1 Å². The average Bonchev–Trinajstić information content (AvgIpc) is 2.21. The van der Waals surface area contributed by atoms with Crippen LogP contribution in [0.1, 0.15) is 34.1 Å². The van der Waals surface area contributed by atoms with Crippen LogP contribution in [-0.2, 0) is 9.53 Å². The second kappa shape index (κ2) is 7.50. The molecule has 7 heteroatoms. The number of nitrogens with one attached hydrogen (secondary N) is 2. The molecule has 0 unspecified atom stereocenters. The second-order valence-electron chi connectivity index (χ2n) is 5.96. The van der Waals surface area contributed by atoms with Crippen LogP contribution in [0.4, 0.5) is 0 Å². The van der Waals surface area contributed by atoms with Crippen LogP contribution >= 0.6 is 34.8 Å². The van der Waals surface area contributed by atoms with Crippen molar-refractivity contribution in [2.24, 2.45) is 5.92 Å². The highest BCUT2D eigenvalue weighted by Crippen LogP contribution is 2.28. The van der Waals surface area contributed by atoms with Crippen LogP contribution < -0.4 is 10.2 Å². The molecule has 0 aromatic heterocycles. The first-order valence-electron chi connectivity index (χ1n) is 6.95. The molecule has 1 amide bonds. The highest BCUT2D eigenvalue weighted by molar-refractivity contribution is 6.68. The third kappa shape index (κ3) is 5.94. The van der Waals surface area contributed by atoms with Gasteiger partial charge >= 0.3 is 0 Å². The smallest absolute Gasteiger partial charge is 0.262 e. The van der Waals surface area contributed by atoms with Crippen molar-refractivity contribution in [3.05, 3.63) is 0 Å². The number of ether oxygens (including phenoxy) is 1. The number of alkyl halides is 3. The Labute approximate surface area is 136 Å². The Morgan fingerprint density at radius 2 is 1.80 bits per heavy atom. The molecular formula is C13H24Cl3N2O2+. The Hall–Kier alpha value is 0.260. The number of hydrogen-bond acceptors (Lipinski definition) is 2. The molecule has 1 saturated heterocycles. The molecule has 3 atom stereocenters. The monoisotopic (exact) mass is 345 g/mol. The highest BCUT2D eigenvalue weighted by Gasteiger charge is 2.44. The molecule has 1 aliphatic rings. The van der Waals surface area contributed by atoms with Gasteiger partial charge in [-0.15, -0.1) is 0 Å². The summed E-state index contributed by atoms with van der Waals surface area (Å²) in [4.78, 5) is 13.0. The van der Waals surface area contributed by atoms with E-state index in [1.54, 1.807) is 0 Å². The lowest BCUT2D eigenvalue weighted by atomic mass is 10.1. The molecule has 118 valence electrons. The van der Waals surface area contributed by atoms with E-state index < -0.39 is 9.96 Å². The summed E-state index contributed by atoms with van der Waals surface area (Å²) in [5, 5.41) is 2.87. The molecule has 0 bridgehead atoms. The molecule has 4 nitrogen and oxygen atoms in total. The lowest BCUT2D eigenvalue weighted by Gasteiger charge is -2.39. The van der Waals surface area contributed by atoms with Gasteiger partial charge in [0.05, 0.1) is 0 Å². The van der Waals surface area contributed by atoms with Gasteiger partial charge in [-0.25, -0.2) is 0 Å². The van der Waals surface area contributed by atoms with Crippen LogP contribution in [0, 0.1) is 5.92 Å². The maximum atomic E-state index is 12.0. The van der Waals surface area contributed by atoms with E-state index in [-0.39, 0.29) is 24.0 Å². The predicted octanol–water partition coefficient (Wildman–Crippen LogP) is 1.54. The minimum Gasteiger partial charge on any atom is -0.364 e. The Kier molecular flexibility index (Phi) is 6.87. The zero-order valence-corrected chi connectivity index (χ0v) is 14.6. The topological polar surface area (TPSA) is 42.8 Å². The number of carbonyl (C=O) groups is 1. The molecule has 0 radical (unpaired) electrons. The van der Waals surface area contributed by atoms with Crippen LogP contribution in [0.25, 0.3) is 0 Å². The first kappa shape index (κ1) is 18.3. The fraction of sp³-hybridized carbons (Fsp3) is 0.923. The lowest BCUT2D eigenvalue weighted by molar-refractivity contribution is -0.941. The van der Waals surface area contributed by atoms with E-state index in [0.717, 1.165) is 4.90 Å². The fourth-order valence-electron chi connectivity index (χ4n) is 2.56. The number of hydrogen-bond donors (Lipinski definition) is 2. The van der Waals surface area contributed by atoms with Crippen molar-refractivity contribution in [1.82, 2.24) is 5.32 Å². The predicted molar refractivity (Wildman–Crippen MR) is 82.4 cm³/mol. The summed E-state index contributed by atoms with van der Waals surface area (Å²) in [5.74, 6) is 0.180. The Morgan fingerprint density at radius 3 is 2.20 bits per heavy atom. The van der Waals surface area contributed by atoms with Crippen molar-refractivity contribution in [1.29, 1.82) is 0 Å². The van der Waals surface area contributed by atoms with Crippen LogP contribution in [0.5, 0.6) is 0 Å². The van der Waals surface area contributed by atoms with Gasteiger partial charge < -0.3 is 15.0 Å². The Morgan fingerprint density at radius 1 is 1.30 bits per heavy atom. The van der Waals surface area contributed by atoms with E-state index in [9.17, 15) is 4.79 Å². The molecule has 1 heterocycles. The number of morpholine rings is 1. The molecule has 2 N–H and O–H groups in total. The van der Waals surface area contributed by atoms with E-state index in [1.165, 1.54) is 0 Å². The molecule has 0 aromatic carbocycles. The Bertz CT molecular complexity index is 324. The van der Waals surface area contributed by atoms with Gasteiger partial charge in [0.15, 0.2) is 0 Å². The Balaban J connectivity index is 2.76. The van der Waals surface area contributed by atoms with Gasteiger partial charge in [0.25, 0.3) is 3.79 Å². The summed E-state index contributed by atoms with van der Waals surface area (Å²) < 4.78 is 4.14. The number of quaternary nitrogens is 1. The molecule has 0 aromatic rings. The molecule has 1 fully saturated rings. The fourth-order valence-corrected chi connectivity index (χ4v) is 3.18. The normalized spacial score (nSPS) is 29.3. The summed E-state index contributed by atoms with van der Waals surface area (Å²) >= 11 is 18.2. The van der Waals surface area contributed by atoms with Gasteiger partial charge in [-0.3, -0.25) is 4.79 Å². The summed E-state index contributed by atoms with van der Waals surface area (Å²) in [6.07, 6.45) is 0.00956. The standard InChI is InChI=1S/C13H23Cl3N2O2/c1-8(2)5-11(19)17-12(13(14,15)16)18-6-9(3)20-10(4)7-18/h8-10,12H,5-7H2,1-4H3,(H,17,19)/p+1/t9-,10-,12-/m0/s1. The van der Waals surface area contributed by atoms with Crippen molar-refractivity contribution in [3.8, 4) is 0 Å². The second-order valence-corrected chi connectivity index (χ2v) is 8.33. The number of carbonyl (C=O) groups excluding carboxylic acids is 1. The van der Waals surface area contributed by atoms with Gasteiger partial charge in [0.1, 0.15) is 25.3 Å². The zero-order valence-electron chi connectivity index (χ0n) is 12.4. The van der Waals surface area contributed by atoms with Gasteiger partial charge in [0.2, 0.25) is 12.1 Å². The van der Waals surface area contributed by atoms with Crippen molar-refractivity contribution in [2.45, 2.75) is 56.3 Å². The molecule has 0 aliphatic carbocycles. The maximum absolute atomic E-state index is 12.0. The van der Waals surface area contributed by atoms with E-state index in [2.05, 4.69) is 5.32 Å². The summed E-state index contributed by atoms with van der Waals surface area (Å²) in [6.45, 7) is 9.34. The quantitative estimate of drug-likeness (QED) is 0.758. The summed E-state index contributed by atoms with van der Waals surface area (Å²) in [5.41, 5.74) is 0. The van der Waals surface area contributed by atoms with Gasteiger partial charge in [-0.1, -0.05) is 48.7 Å². The molecular weight excluding hydrogens is 323 g/mol. The molecule has 20 heavy (non-hydrogen) atoms. The summed E-state index contributed by atoms with van der Waals surface area (Å²) in [7, 11) is 0. The van der Waals surface area contributed by atoms with Crippen LogP contribution in [0.3, 0.4) is 0 Å². The SMILES string of the molecule is CC(C)CC(=O)N[C@@H]([NH+]1C[C@H](C)O[C@@H](C)C1)C(Cl)(Cl)Cl. The van der Waals surface area contributed by atoms with Gasteiger partial charge in [-0.2, -0.15) is 0 Å². The molecule has 0 spiro atoms. The average molecular weight is 347 g/mol. The largest absolute Gasteiger partial charge is 0.364 e. The highest BCUT2D eigenvalue weighted by atomic mass is 35.6. The third-order valence-corrected chi connectivity index (χ3v) is 3.85. The minimum absolute atomic E-state index is 0.0746. The van der Waals surface area contributed by atoms with Crippen molar-refractivity contribution in [3.63, 3.8) is 0 Å². The van der Waals surface area contributed by atoms with Crippen molar-refractivity contribution < 1.29 is 14.4 Å². The van der Waals surface area contributed by atoms with Crippen molar-refractivity contribution >= 4 is 40.7 Å². The maximum Gasteiger partial charge on any atom is 0.262 e. The van der Waals surface area contributed by atoms with Crippen LogP contribution in [-0.4, -0.2) is 41.2 Å². The summed E-state index contributed by atoms with van der Waals surface area (Å²) in [6, 6.07) is 0. The van der Waals surface area contributed by atoms with E-state index in [0.29, 0.717) is 19.5 Å². The van der Waals surface area contributed by atoms with Crippen LogP contribution in [0.15, 0.2) is 0 Å². The van der Waals surface area contributed by atoms with Gasteiger partial charge in [0, 0.05) is 6.42 Å². The first-order valence-corrected chi connectivity index (χ1v) is 8.09.